The molecule has 1 fully saturated rings. The van der Waals surface area contributed by atoms with E-state index < -0.39 is 11.7 Å². The highest BCUT2D eigenvalue weighted by Crippen LogP contribution is 2.32. The van der Waals surface area contributed by atoms with Crippen molar-refractivity contribution in [3.8, 4) is 11.1 Å². The molecule has 0 radical (unpaired) electrons. The minimum atomic E-state index is -0.973. The van der Waals surface area contributed by atoms with Crippen molar-refractivity contribution in [2.75, 3.05) is 13.1 Å². The van der Waals surface area contributed by atoms with Gasteiger partial charge in [0.05, 0.1) is 24.8 Å². The zero-order chi connectivity index (χ0) is 26.6. The number of esters is 1. The van der Waals surface area contributed by atoms with E-state index in [2.05, 4.69) is 0 Å². The number of amides is 1. The number of hydrogen-bond donors (Lipinski definition) is 1. The quantitative estimate of drug-likeness (QED) is 0.387. The maximum atomic E-state index is 13.4. The molecular weight excluding hydrogens is 473 g/mol. The van der Waals surface area contributed by atoms with Crippen LogP contribution in [0.15, 0.2) is 72.8 Å². The summed E-state index contributed by atoms with van der Waals surface area (Å²) in [7, 11) is 0. The van der Waals surface area contributed by atoms with Crippen LogP contribution in [0.5, 0.6) is 0 Å². The van der Waals surface area contributed by atoms with E-state index in [1.807, 2.05) is 63.2 Å². The Morgan fingerprint density at radius 1 is 1.00 bits per heavy atom. The normalized spacial score (nSPS) is 17.9. The first-order chi connectivity index (χ1) is 17.6. The Bertz CT molecular complexity index is 1230. The lowest BCUT2D eigenvalue weighted by molar-refractivity contribution is -0.0199. The highest BCUT2D eigenvalue weighted by molar-refractivity contribution is 5.97. The number of benzene rings is 3. The average molecular weight is 506 g/mol. The molecule has 194 valence electrons. The third-order valence-electron chi connectivity index (χ3n) is 6.40. The summed E-state index contributed by atoms with van der Waals surface area (Å²) in [5.41, 5.74) is 3.43. The molecule has 0 aromatic heterocycles. The average Bonchev–Trinajstić information content (AvgIpc) is 2.87. The van der Waals surface area contributed by atoms with E-state index in [4.69, 9.17) is 9.47 Å². The number of nitrogens with zero attached hydrogens (tertiary/aromatic N) is 1. The monoisotopic (exact) mass is 505 g/mol. The summed E-state index contributed by atoms with van der Waals surface area (Å²) < 4.78 is 25.2. The van der Waals surface area contributed by atoms with Crippen LogP contribution in [-0.2, 0) is 16.1 Å². The van der Waals surface area contributed by atoms with Gasteiger partial charge in [0.15, 0.2) is 0 Å². The number of piperidine rings is 1. The second kappa shape index (κ2) is 11.1. The molecule has 2 atom stereocenters. The smallest absolute Gasteiger partial charge is 0.407 e. The van der Waals surface area contributed by atoms with E-state index in [0.717, 1.165) is 22.3 Å². The molecule has 37 heavy (non-hydrogen) atoms. The molecule has 1 aliphatic rings. The molecule has 0 saturated carbocycles. The molecule has 2 unspecified atom stereocenters. The van der Waals surface area contributed by atoms with Gasteiger partial charge in [-0.05, 0) is 67.6 Å². The maximum Gasteiger partial charge on any atom is 0.407 e. The van der Waals surface area contributed by atoms with Crippen molar-refractivity contribution in [2.45, 2.75) is 51.4 Å². The number of rotatable bonds is 6. The van der Waals surface area contributed by atoms with Gasteiger partial charge in [-0.1, -0.05) is 54.6 Å². The number of carboxylic acid groups (broad SMARTS) is 1. The van der Waals surface area contributed by atoms with Crippen LogP contribution < -0.4 is 0 Å². The van der Waals surface area contributed by atoms with Crippen LogP contribution in [0.3, 0.4) is 0 Å². The fourth-order valence-electron chi connectivity index (χ4n) is 4.58. The molecule has 3 aromatic rings. The number of ether oxygens (including phenoxy) is 2. The summed E-state index contributed by atoms with van der Waals surface area (Å²) >= 11 is 0. The third-order valence-corrected chi connectivity index (χ3v) is 6.40. The highest BCUT2D eigenvalue weighted by atomic mass is 19.1. The highest BCUT2D eigenvalue weighted by Gasteiger charge is 2.33. The van der Waals surface area contributed by atoms with Gasteiger partial charge >= 0.3 is 12.1 Å². The SMILES string of the molecule is CC(C)(C)OC(=O)c1ccccc1-c1ccc(COC2CN(C(=O)O)CCC2c2ccc(F)cc2)cc1. The van der Waals surface area contributed by atoms with E-state index >= 15 is 0 Å². The molecule has 1 heterocycles. The second-order valence-corrected chi connectivity index (χ2v) is 10.3. The standard InChI is InChI=1S/C30H32FNO5/c1-30(2,3)37-28(33)26-7-5-4-6-24(26)21-10-8-20(9-11-21)19-36-27-18-32(29(34)35)17-16-25(27)22-12-14-23(31)15-13-22/h4-15,25,27H,16-19H2,1-3H3,(H,34,35). The van der Waals surface area contributed by atoms with Gasteiger partial charge in [-0.25, -0.2) is 14.0 Å². The van der Waals surface area contributed by atoms with Crippen molar-refractivity contribution in [3.05, 3.63) is 95.3 Å². The zero-order valence-electron chi connectivity index (χ0n) is 21.3. The molecule has 1 saturated heterocycles. The Morgan fingerprint density at radius 3 is 2.32 bits per heavy atom. The van der Waals surface area contributed by atoms with Crippen molar-refractivity contribution in [3.63, 3.8) is 0 Å². The number of hydrogen-bond acceptors (Lipinski definition) is 4. The minimum absolute atomic E-state index is 0.0313. The molecule has 0 spiro atoms. The predicted molar refractivity (Wildman–Crippen MR) is 139 cm³/mol. The molecule has 3 aromatic carbocycles. The molecular formula is C30H32FNO5. The van der Waals surface area contributed by atoms with Crippen LogP contribution in [0.25, 0.3) is 11.1 Å². The van der Waals surface area contributed by atoms with Crippen molar-refractivity contribution < 1.29 is 28.6 Å². The Labute approximate surface area is 216 Å². The lowest BCUT2D eigenvalue weighted by Gasteiger charge is -2.37. The van der Waals surface area contributed by atoms with Crippen LogP contribution in [-0.4, -0.2) is 46.9 Å². The van der Waals surface area contributed by atoms with Crippen molar-refractivity contribution >= 4 is 12.1 Å². The lowest BCUT2D eigenvalue weighted by Crippen LogP contribution is -2.46. The molecule has 0 bridgehead atoms. The van der Waals surface area contributed by atoms with Crippen LogP contribution in [0.4, 0.5) is 9.18 Å². The van der Waals surface area contributed by atoms with Gasteiger partial charge < -0.3 is 19.5 Å². The van der Waals surface area contributed by atoms with Gasteiger partial charge in [-0.3, -0.25) is 0 Å². The summed E-state index contributed by atoms with van der Waals surface area (Å²) in [6.07, 6.45) is -0.731. The Kier molecular flexibility index (Phi) is 7.93. The van der Waals surface area contributed by atoms with Gasteiger partial charge in [0.2, 0.25) is 0 Å². The summed E-state index contributed by atoms with van der Waals surface area (Å²) in [6, 6.07) is 21.4. The largest absolute Gasteiger partial charge is 0.465 e. The Hall–Kier alpha value is -3.71. The van der Waals surface area contributed by atoms with Crippen molar-refractivity contribution in [1.82, 2.24) is 4.90 Å². The molecule has 0 aliphatic carbocycles. The van der Waals surface area contributed by atoms with Gasteiger partial charge in [-0.2, -0.15) is 0 Å². The van der Waals surface area contributed by atoms with E-state index in [1.54, 1.807) is 18.2 Å². The summed E-state index contributed by atoms with van der Waals surface area (Å²) in [5.74, 6) is -0.712. The lowest BCUT2D eigenvalue weighted by atomic mass is 9.87. The Balaban J connectivity index is 1.48. The summed E-state index contributed by atoms with van der Waals surface area (Å²) in [5, 5.41) is 9.48. The van der Waals surface area contributed by atoms with Gasteiger partial charge in [0.1, 0.15) is 11.4 Å². The number of likely N-dealkylation sites (tertiary alicyclic amines) is 1. The first kappa shape index (κ1) is 26.4. The van der Waals surface area contributed by atoms with Crippen LogP contribution in [0.1, 0.15) is 54.6 Å². The molecule has 1 N–H and O–H groups in total. The van der Waals surface area contributed by atoms with Gasteiger partial charge in [-0.15, -0.1) is 0 Å². The third kappa shape index (κ3) is 6.74. The fourth-order valence-corrected chi connectivity index (χ4v) is 4.58. The van der Waals surface area contributed by atoms with Crippen molar-refractivity contribution in [2.24, 2.45) is 0 Å². The topological polar surface area (TPSA) is 76.1 Å². The first-order valence-corrected chi connectivity index (χ1v) is 12.4. The van der Waals surface area contributed by atoms with Crippen LogP contribution in [0, 0.1) is 5.82 Å². The zero-order valence-corrected chi connectivity index (χ0v) is 21.3. The molecule has 7 heteroatoms. The van der Waals surface area contributed by atoms with E-state index in [1.165, 1.54) is 17.0 Å². The number of carbonyl (C=O) groups excluding carboxylic acids is 1. The molecule has 6 nitrogen and oxygen atoms in total. The molecule has 1 aliphatic heterocycles. The minimum Gasteiger partial charge on any atom is -0.465 e. The number of halogens is 1. The van der Waals surface area contributed by atoms with Crippen molar-refractivity contribution in [1.29, 1.82) is 0 Å². The second-order valence-electron chi connectivity index (χ2n) is 10.3. The predicted octanol–water partition coefficient (Wildman–Crippen LogP) is 6.50. The maximum absolute atomic E-state index is 13.4. The Morgan fingerprint density at radius 2 is 1.68 bits per heavy atom. The molecule has 1 amide bonds. The first-order valence-electron chi connectivity index (χ1n) is 12.4. The number of carbonyl (C=O) groups is 2. The molecule has 4 rings (SSSR count). The summed E-state index contributed by atoms with van der Waals surface area (Å²) in [4.78, 5) is 25.7. The van der Waals surface area contributed by atoms with Crippen LogP contribution in [0.2, 0.25) is 0 Å². The van der Waals surface area contributed by atoms with E-state index in [0.29, 0.717) is 25.1 Å². The van der Waals surface area contributed by atoms with Gasteiger partial charge in [0.25, 0.3) is 0 Å². The van der Waals surface area contributed by atoms with Gasteiger partial charge in [0, 0.05) is 12.5 Å². The van der Waals surface area contributed by atoms with Crippen LogP contribution >= 0.6 is 0 Å². The summed E-state index contributed by atoms with van der Waals surface area (Å²) in [6.45, 7) is 6.46. The van der Waals surface area contributed by atoms with E-state index in [-0.39, 0.29) is 30.4 Å². The fraction of sp³-hybridized carbons (Fsp3) is 0.333. The van der Waals surface area contributed by atoms with E-state index in [9.17, 15) is 19.1 Å².